The Balaban J connectivity index is 1.66. The van der Waals surface area contributed by atoms with Crippen molar-refractivity contribution in [1.82, 2.24) is 20.7 Å². The molecule has 0 bridgehead atoms. The Morgan fingerprint density at radius 1 is 1.18 bits per heavy atom. The first kappa shape index (κ1) is 28.6. The summed E-state index contributed by atoms with van der Waals surface area (Å²) in [7, 11) is 1.57. The summed E-state index contributed by atoms with van der Waals surface area (Å²) in [5.74, 6) is -3.64. The summed E-state index contributed by atoms with van der Waals surface area (Å²) < 4.78 is 59.9. The molecule has 3 rings (SSSR count). The first-order chi connectivity index (χ1) is 18.1. The molecule has 1 fully saturated rings. The molecular formula is C24H28F4N6O4. The van der Waals surface area contributed by atoms with Crippen molar-refractivity contribution < 1.29 is 36.7 Å². The third kappa shape index (κ3) is 7.09. The second kappa shape index (κ2) is 13.0. The molecule has 0 spiro atoms. The van der Waals surface area contributed by atoms with Gasteiger partial charge in [-0.2, -0.15) is 8.78 Å². The van der Waals surface area contributed by atoms with Gasteiger partial charge in [0.15, 0.2) is 11.6 Å². The van der Waals surface area contributed by atoms with Crippen LogP contribution < -0.4 is 20.5 Å². The first-order valence-electron chi connectivity index (χ1n) is 11.8. The summed E-state index contributed by atoms with van der Waals surface area (Å²) in [6, 6.07) is 5.36. The SMILES string of the molecule is CCN(CCN(NC)C(=O)Cc1ccncc1)c1c(F)cc(N2C[C@H](CNC(=O)C(F)F)OC2=O)cc1F. The molecule has 1 aromatic heterocycles. The van der Waals surface area contributed by atoms with Crippen LogP contribution in [0.5, 0.6) is 0 Å². The Morgan fingerprint density at radius 3 is 2.42 bits per heavy atom. The minimum absolute atomic E-state index is 0.101. The number of halogens is 4. The van der Waals surface area contributed by atoms with Gasteiger partial charge in [0.25, 0.3) is 5.91 Å². The van der Waals surface area contributed by atoms with Crippen molar-refractivity contribution in [2.75, 3.05) is 49.6 Å². The molecule has 14 heteroatoms. The van der Waals surface area contributed by atoms with Crippen LogP contribution in [-0.4, -0.2) is 80.2 Å². The number of pyridine rings is 1. The van der Waals surface area contributed by atoms with Gasteiger partial charge in [-0.3, -0.25) is 24.5 Å². The zero-order valence-corrected chi connectivity index (χ0v) is 20.8. The van der Waals surface area contributed by atoms with Crippen LogP contribution in [0.4, 0.5) is 33.7 Å². The fraction of sp³-hybridized carbons (Fsp3) is 0.417. The van der Waals surface area contributed by atoms with Gasteiger partial charge in [0.2, 0.25) is 5.91 Å². The van der Waals surface area contributed by atoms with Crippen molar-refractivity contribution in [3.8, 4) is 0 Å². The highest BCUT2D eigenvalue weighted by Crippen LogP contribution is 2.31. The quantitative estimate of drug-likeness (QED) is 0.314. The predicted octanol–water partition coefficient (Wildman–Crippen LogP) is 2.10. The van der Waals surface area contributed by atoms with Gasteiger partial charge < -0.3 is 15.0 Å². The number of amides is 3. The number of anilines is 2. The second-order valence-corrected chi connectivity index (χ2v) is 8.30. The van der Waals surface area contributed by atoms with Crippen LogP contribution in [0.15, 0.2) is 36.7 Å². The fourth-order valence-electron chi connectivity index (χ4n) is 3.92. The number of alkyl halides is 2. The van der Waals surface area contributed by atoms with Crippen molar-refractivity contribution in [1.29, 1.82) is 0 Å². The number of nitrogens with zero attached hydrogens (tertiary/aromatic N) is 4. The number of likely N-dealkylation sites (N-methyl/N-ethyl adjacent to an activating group) is 1. The molecule has 2 heterocycles. The molecule has 10 nitrogen and oxygen atoms in total. The summed E-state index contributed by atoms with van der Waals surface area (Å²) in [5, 5.41) is 3.28. The maximum atomic E-state index is 15.1. The number of hydrazine groups is 1. The molecule has 0 radical (unpaired) electrons. The van der Waals surface area contributed by atoms with Crippen LogP contribution >= 0.6 is 0 Å². The third-order valence-electron chi connectivity index (χ3n) is 5.86. The van der Waals surface area contributed by atoms with E-state index in [0.29, 0.717) is 0 Å². The summed E-state index contributed by atoms with van der Waals surface area (Å²) >= 11 is 0. The van der Waals surface area contributed by atoms with Gasteiger partial charge in [-0.05, 0) is 24.6 Å². The highest BCUT2D eigenvalue weighted by Gasteiger charge is 2.34. The predicted molar refractivity (Wildman–Crippen MR) is 130 cm³/mol. The number of benzene rings is 1. The molecule has 38 heavy (non-hydrogen) atoms. The lowest BCUT2D eigenvalue weighted by atomic mass is 10.2. The largest absolute Gasteiger partial charge is 0.442 e. The molecule has 0 unspecified atom stereocenters. The van der Waals surface area contributed by atoms with Crippen LogP contribution in [0.1, 0.15) is 12.5 Å². The summed E-state index contributed by atoms with van der Waals surface area (Å²) in [6.45, 7) is 1.57. The van der Waals surface area contributed by atoms with Gasteiger partial charge in [0.05, 0.1) is 31.7 Å². The van der Waals surface area contributed by atoms with Crippen LogP contribution in [0.3, 0.4) is 0 Å². The number of hydrogen-bond acceptors (Lipinski definition) is 7. The van der Waals surface area contributed by atoms with Crippen molar-refractivity contribution >= 4 is 29.3 Å². The molecule has 2 N–H and O–H groups in total. The number of cyclic esters (lactones) is 1. The Bertz CT molecular complexity index is 1120. The lowest BCUT2D eigenvalue weighted by Crippen LogP contribution is -2.46. The van der Waals surface area contributed by atoms with E-state index in [1.165, 1.54) is 9.91 Å². The van der Waals surface area contributed by atoms with Crippen LogP contribution in [0.2, 0.25) is 0 Å². The minimum atomic E-state index is -3.22. The molecule has 2 aromatic rings. The maximum absolute atomic E-state index is 15.1. The summed E-state index contributed by atoms with van der Waals surface area (Å²) in [4.78, 5) is 42.2. The van der Waals surface area contributed by atoms with Gasteiger partial charge in [-0.15, -0.1) is 0 Å². The van der Waals surface area contributed by atoms with E-state index >= 15 is 8.78 Å². The number of carbonyl (C=O) groups excluding carboxylic acids is 3. The fourth-order valence-corrected chi connectivity index (χ4v) is 3.92. The normalized spacial score (nSPS) is 15.0. The van der Waals surface area contributed by atoms with Gasteiger partial charge in [0.1, 0.15) is 11.8 Å². The highest BCUT2D eigenvalue weighted by atomic mass is 19.3. The number of aromatic nitrogens is 1. The second-order valence-electron chi connectivity index (χ2n) is 8.30. The third-order valence-corrected chi connectivity index (χ3v) is 5.86. The summed E-state index contributed by atoms with van der Waals surface area (Å²) in [6.07, 6.45) is -1.86. The highest BCUT2D eigenvalue weighted by molar-refractivity contribution is 5.90. The van der Waals surface area contributed by atoms with E-state index in [9.17, 15) is 23.2 Å². The van der Waals surface area contributed by atoms with Gasteiger partial charge in [-0.1, -0.05) is 0 Å². The standard InChI is InChI=1S/C24H28F4N6O4/c1-3-32(8-9-34(29-2)20(35)10-15-4-6-30-7-5-15)21-18(25)11-16(12-19(21)26)33-14-17(38-24(33)37)13-31-23(36)22(27)28/h4-7,11-12,17,22,29H,3,8-10,13-14H2,1-2H3,(H,31,36)/t17-/m0/s1. The number of carbonyl (C=O) groups is 3. The van der Waals surface area contributed by atoms with Crippen LogP contribution in [-0.2, 0) is 20.7 Å². The first-order valence-corrected chi connectivity index (χ1v) is 11.8. The lowest BCUT2D eigenvalue weighted by molar-refractivity contribution is -0.133. The van der Waals surface area contributed by atoms with E-state index in [1.54, 1.807) is 38.5 Å². The van der Waals surface area contributed by atoms with Gasteiger partial charge in [0, 0.05) is 44.7 Å². The molecule has 206 valence electrons. The average molecular weight is 541 g/mol. The number of hydrogen-bond donors (Lipinski definition) is 2. The molecule has 1 saturated heterocycles. The number of nitrogens with one attached hydrogen (secondary N) is 2. The topological polar surface area (TPSA) is 107 Å². The van der Waals surface area contributed by atoms with E-state index < -0.39 is 36.2 Å². The van der Waals surface area contributed by atoms with Gasteiger partial charge in [-0.25, -0.2) is 19.0 Å². The van der Waals surface area contributed by atoms with E-state index in [-0.39, 0.29) is 56.4 Å². The van der Waals surface area contributed by atoms with Crippen LogP contribution in [0.25, 0.3) is 0 Å². The molecular weight excluding hydrogens is 512 g/mol. The van der Waals surface area contributed by atoms with E-state index in [2.05, 4.69) is 10.4 Å². The lowest BCUT2D eigenvalue weighted by Gasteiger charge is -2.29. The minimum Gasteiger partial charge on any atom is -0.442 e. The number of ether oxygens (including phenoxy) is 1. The van der Waals surface area contributed by atoms with Crippen molar-refractivity contribution in [2.24, 2.45) is 0 Å². The molecule has 3 amide bonds. The zero-order valence-electron chi connectivity index (χ0n) is 20.8. The van der Waals surface area contributed by atoms with Crippen LogP contribution in [0, 0.1) is 11.6 Å². The van der Waals surface area contributed by atoms with Crippen molar-refractivity contribution in [3.05, 3.63) is 53.9 Å². The molecule has 1 aliphatic heterocycles. The molecule has 0 saturated carbocycles. The van der Waals surface area contributed by atoms with Crippen molar-refractivity contribution in [3.63, 3.8) is 0 Å². The van der Waals surface area contributed by atoms with E-state index in [4.69, 9.17) is 4.74 Å². The van der Waals surface area contributed by atoms with Gasteiger partial charge >= 0.3 is 12.5 Å². The monoisotopic (exact) mass is 540 g/mol. The average Bonchev–Trinajstić information content (AvgIpc) is 3.26. The Labute approximate surface area is 216 Å². The Morgan fingerprint density at radius 2 is 1.84 bits per heavy atom. The van der Waals surface area contributed by atoms with E-state index in [1.807, 2.05) is 5.32 Å². The Hall–Kier alpha value is -3.94. The smallest absolute Gasteiger partial charge is 0.414 e. The van der Waals surface area contributed by atoms with Crippen molar-refractivity contribution in [2.45, 2.75) is 25.9 Å². The molecule has 1 aliphatic rings. The zero-order chi connectivity index (χ0) is 27.8. The molecule has 1 atom stereocenters. The summed E-state index contributed by atoms with van der Waals surface area (Å²) in [5.41, 5.74) is 3.10. The Kier molecular flexibility index (Phi) is 9.82. The molecule has 0 aliphatic carbocycles. The maximum Gasteiger partial charge on any atom is 0.414 e. The van der Waals surface area contributed by atoms with E-state index in [0.717, 1.165) is 22.6 Å². The number of rotatable bonds is 12. The molecule has 1 aromatic carbocycles.